The van der Waals surface area contributed by atoms with Gasteiger partial charge in [0.25, 0.3) is 0 Å². The average molecular weight is 633 g/mol. The summed E-state index contributed by atoms with van der Waals surface area (Å²) in [4.78, 5) is 12.1. The summed E-state index contributed by atoms with van der Waals surface area (Å²) in [7, 11) is 0. The van der Waals surface area contributed by atoms with Crippen molar-refractivity contribution in [3.63, 3.8) is 0 Å². The minimum absolute atomic E-state index is 0.157. The normalized spacial score (nSPS) is 25.1. The second-order valence-electron chi connectivity index (χ2n) is 13.3. The van der Waals surface area contributed by atoms with Crippen molar-refractivity contribution >= 4 is 5.78 Å². The lowest BCUT2D eigenvalue weighted by Crippen LogP contribution is -2.60. The van der Waals surface area contributed by atoms with Crippen molar-refractivity contribution in [2.45, 2.75) is 204 Å². The first kappa shape index (κ1) is 41.3. The fourth-order valence-electron chi connectivity index (χ4n) is 5.84. The molecule has 0 saturated carbocycles. The highest BCUT2D eigenvalue weighted by molar-refractivity contribution is 5.78. The van der Waals surface area contributed by atoms with E-state index in [0.717, 1.165) is 77.0 Å². The van der Waals surface area contributed by atoms with Crippen LogP contribution in [0, 0.1) is 0 Å². The number of ether oxygens (including phenoxy) is 2. The number of nitrogens with two attached hydrogens (primary N) is 2. The molecule has 1 rings (SSSR count). The molecule has 0 spiro atoms. The van der Waals surface area contributed by atoms with Crippen molar-refractivity contribution in [3.05, 3.63) is 0 Å². The zero-order chi connectivity index (χ0) is 32.7. The Labute approximate surface area is 267 Å². The number of hydrogen-bond acceptors (Lipinski definition) is 10. The van der Waals surface area contributed by atoms with Gasteiger partial charge in [-0.2, -0.15) is 0 Å². The topological polar surface area (TPSA) is 189 Å². The Kier molecular flexibility index (Phi) is 23.9. The van der Waals surface area contributed by atoms with Crippen molar-refractivity contribution in [1.82, 2.24) is 0 Å². The van der Waals surface area contributed by atoms with Crippen LogP contribution in [0.4, 0.5) is 0 Å². The summed E-state index contributed by atoms with van der Waals surface area (Å²) in [6.07, 6.45) is 15.1. The van der Waals surface area contributed by atoms with Crippen LogP contribution >= 0.6 is 0 Å². The number of hydrogen-bond donors (Lipinski definition) is 7. The molecule has 0 aromatic rings. The van der Waals surface area contributed by atoms with Gasteiger partial charge in [-0.3, -0.25) is 4.79 Å². The predicted octanol–water partition coefficient (Wildman–Crippen LogP) is 3.99. The number of carbonyl (C=O) groups excluding carboxylic acids is 1. The number of Topliss-reactive ketones (excluding diaryl/α,β-unsaturated/α-hetero) is 1. The summed E-state index contributed by atoms with van der Waals surface area (Å²) in [6.45, 7) is 3.19. The SMILES string of the molecule is C[C@@H](N)[C@H](O)CCCCCCCC(=O)CCCCCCCCCCCCCC[C@@H](O[C@@H]1O[C@H](CO)[C@@H](O)[C@H](O)[C@H]1O)[C@@H](C)N. The van der Waals surface area contributed by atoms with Gasteiger partial charge in [0.2, 0.25) is 0 Å². The molecule has 1 aliphatic heterocycles. The first-order valence-corrected chi connectivity index (χ1v) is 17.7. The van der Waals surface area contributed by atoms with Crippen molar-refractivity contribution in [3.8, 4) is 0 Å². The van der Waals surface area contributed by atoms with Gasteiger partial charge in [0, 0.05) is 24.9 Å². The molecule has 44 heavy (non-hydrogen) atoms. The molecule has 262 valence electrons. The predicted molar refractivity (Wildman–Crippen MR) is 174 cm³/mol. The highest BCUT2D eigenvalue weighted by atomic mass is 16.7. The van der Waals surface area contributed by atoms with Crippen LogP contribution < -0.4 is 11.5 Å². The molecular formula is C34H68N2O8. The lowest BCUT2D eigenvalue weighted by Gasteiger charge is -2.41. The number of ketones is 1. The zero-order valence-corrected chi connectivity index (χ0v) is 27.9. The highest BCUT2D eigenvalue weighted by Gasteiger charge is 2.45. The number of aliphatic hydroxyl groups is 5. The first-order chi connectivity index (χ1) is 21.1. The van der Waals surface area contributed by atoms with Crippen molar-refractivity contribution in [2.24, 2.45) is 11.5 Å². The molecule has 1 fully saturated rings. The summed E-state index contributed by atoms with van der Waals surface area (Å²) in [5, 5.41) is 49.2. The van der Waals surface area contributed by atoms with E-state index in [-0.39, 0.29) is 18.2 Å². The standard InChI is InChI=1S/C34H68N2O8/c1-25(35)28(39)22-18-14-11-13-17-21-27(38)20-16-12-9-7-5-3-4-6-8-10-15-19-23-29(26(2)36)43-34-33(42)32(41)31(40)30(24-37)44-34/h25-26,28-34,37,39-42H,3-24,35-36H2,1-2H3/t25-,26-,28-,29-,30-,31-,32+,33-,34-/m1/s1. The van der Waals surface area contributed by atoms with Gasteiger partial charge in [-0.25, -0.2) is 0 Å². The fourth-order valence-corrected chi connectivity index (χ4v) is 5.84. The van der Waals surface area contributed by atoms with Gasteiger partial charge in [0.15, 0.2) is 6.29 Å². The van der Waals surface area contributed by atoms with E-state index in [4.69, 9.17) is 20.9 Å². The Balaban J connectivity index is 1.94. The molecule has 1 aliphatic rings. The van der Waals surface area contributed by atoms with Gasteiger partial charge in [-0.05, 0) is 39.5 Å². The highest BCUT2D eigenvalue weighted by Crippen LogP contribution is 2.25. The van der Waals surface area contributed by atoms with Gasteiger partial charge in [-0.1, -0.05) is 96.3 Å². The van der Waals surface area contributed by atoms with E-state index >= 15 is 0 Å². The maximum atomic E-state index is 12.1. The monoisotopic (exact) mass is 632 g/mol. The molecule has 0 amide bonds. The Morgan fingerprint density at radius 2 is 1.09 bits per heavy atom. The molecule has 9 atom stereocenters. The van der Waals surface area contributed by atoms with Crippen LogP contribution in [0.1, 0.15) is 149 Å². The summed E-state index contributed by atoms with van der Waals surface area (Å²) in [5.41, 5.74) is 11.8. The van der Waals surface area contributed by atoms with Gasteiger partial charge >= 0.3 is 0 Å². The van der Waals surface area contributed by atoms with E-state index in [1.54, 1.807) is 0 Å². The third kappa shape index (κ3) is 18.5. The summed E-state index contributed by atoms with van der Waals surface area (Å²) in [6, 6.07) is -0.447. The van der Waals surface area contributed by atoms with Gasteiger partial charge in [0.05, 0.1) is 18.8 Å². The summed E-state index contributed by atoms with van der Waals surface area (Å²) in [5.74, 6) is 0.409. The number of aliphatic hydroxyl groups excluding tert-OH is 5. The zero-order valence-electron chi connectivity index (χ0n) is 27.9. The van der Waals surface area contributed by atoms with E-state index in [9.17, 15) is 30.3 Å². The summed E-state index contributed by atoms with van der Waals surface area (Å²) < 4.78 is 11.3. The Morgan fingerprint density at radius 1 is 0.659 bits per heavy atom. The molecular weight excluding hydrogens is 564 g/mol. The van der Waals surface area contributed by atoms with Crippen molar-refractivity contribution in [1.29, 1.82) is 0 Å². The fraction of sp³-hybridized carbons (Fsp3) is 0.971. The minimum atomic E-state index is -1.45. The van der Waals surface area contributed by atoms with Crippen LogP contribution in [0.3, 0.4) is 0 Å². The van der Waals surface area contributed by atoms with Gasteiger partial charge in [-0.15, -0.1) is 0 Å². The molecule has 0 unspecified atom stereocenters. The van der Waals surface area contributed by atoms with Crippen LogP contribution in [0.2, 0.25) is 0 Å². The Morgan fingerprint density at radius 3 is 1.52 bits per heavy atom. The first-order valence-electron chi connectivity index (χ1n) is 17.7. The van der Waals surface area contributed by atoms with Crippen molar-refractivity contribution < 1.29 is 39.8 Å². The minimum Gasteiger partial charge on any atom is -0.394 e. The molecule has 10 heteroatoms. The molecule has 0 aliphatic carbocycles. The van der Waals surface area contributed by atoms with E-state index in [1.165, 1.54) is 44.9 Å². The van der Waals surface area contributed by atoms with Crippen LogP contribution in [-0.4, -0.2) is 92.9 Å². The van der Waals surface area contributed by atoms with E-state index < -0.39 is 43.4 Å². The van der Waals surface area contributed by atoms with Gasteiger partial charge in [0.1, 0.15) is 30.2 Å². The van der Waals surface area contributed by atoms with Crippen LogP contribution in [0.25, 0.3) is 0 Å². The third-order valence-corrected chi connectivity index (χ3v) is 9.00. The van der Waals surface area contributed by atoms with Gasteiger partial charge < -0.3 is 46.5 Å². The maximum absolute atomic E-state index is 12.1. The molecule has 1 heterocycles. The second kappa shape index (κ2) is 25.4. The molecule has 0 radical (unpaired) electrons. The molecule has 1 saturated heterocycles. The largest absolute Gasteiger partial charge is 0.394 e. The third-order valence-electron chi connectivity index (χ3n) is 9.00. The molecule has 0 aromatic heterocycles. The van der Waals surface area contributed by atoms with Crippen molar-refractivity contribution in [2.75, 3.05) is 6.61 Å². The van der Waals surface area contributed by atoms with E-state index in [2.05, 4.69) is 0 Å². The Bertz CT molecular complexity index is 696. The number of unbranched alkanes of at least 4 members (excludes halogenated alkanes) is 15. The molecule has 0 aromatic carbocycles. The summed E-state index contributed by atoms with van der Waals surface area (Å²) >= 11 is 0. The second-order valence-corrected chi connectivity index (χ2v) is 13.3. The number of carbonyl (C=O) groups is 1. The molecule has 0 bridgehead atoms. The number of rotatable bonds is 28. The molecule has 9 N–H and O–H groups in total. The Hall–Kier alpha value is -0.690. The smallest absolute Gasteiger partial charge is 0.187 e. The molecule has 10 nitrogen and oxygen atoms in total. The lowest BCUT2D eigenvalue weighted by atomic mass is 9.98. The maximum Gasteiger partial charge on any atom is 0.187 e. The van der Waals surface area contributed by atoms with Crippen LogP contribution in [-0.2, 0) is 14.3 Å². The van der Waals surface area contributed by atoms with Crippen LogP contribution in [0.5, 0.6) is 0 Å². The lowest BCUT2D eigenvalue weighted by molar-refractivity contribution is -0.312. The average Bonchev–Trinajstić information content (AvgIpc) is 2.99. The van der Waals surface area contributed by atoms with E-state index in [0.29, 0.717) is 18.6 Å². The van der Waals surface area contributed by atoms with E-state index in [1.807, 2.05) is 13.8 Å². The van der Waals surface area contributed by atoms with Crippen LogP contribution in [0.15, 0.2) is 0 Å². The quantitative estimate of drug-likeness (QED) is 0.0621.